The molecule has 0 bridgehead atoms. The molecule has 0 fully saturated rings. The predicted molar refractivity (Wildman–Crippen MR) is 98.2 cm³/mol. The lowest BCUT2D eigenvalue weighted by atomic mass is 10.1. The molecule has 3 rings (SSSR count). The number of para-hydroxylation sites is 1. The number of likely N-dealkylation sites (N-methyl/N-ethyl adjacent to an activating group) is 1. The van der Waals surface area contributed by atoms with Gasteiger partial charge in [-0.3, -0.25) is 9.69 Å². The Bertz CT molecular complexity index is 760. The first kappa shape index (κ1) is 17.3. The average molecular weight is 340 g/mol. The highest BCUT2D eigenvalue weighted by Crippen LogP contribution is 2.31. The number of nitrogens with zero attached hydrogens (tertiary/aromatic N) is 1. The highest BCUT2D eigenvalue weighted by molar-refractivity contribution is 5.95. The number of hydrogen-bond acceptors (Lipinski definition) is 4. The van der Waals surface area contributed by atoms with Gasteiger partial charge in [-0.25, -0.2) is 0 Å². The zero-order valence-corrected chi connectivity index (χ0v) is 14.9. The van der Waals surface area contributed by atoms with Crippen molar-refractivity contribution < 1.29 is 14.3 Å². The maximum atomic E-state index is 12.5. The minimum atomic E-state index is -0.257. The van der Waals surface area contributed by atoms with Crippen molar-refractivity contribution in [2.24, 2.45) is 0 Å². The molecule has 132 valence electrons. The molecule has 0 saturated carbocycles. The Balaban J connectivity index is 1.63. The Morgan fingerprint density at radius 1 is 1.16 bits per heavy atom. The average Bonchev–Trinajstić information content (AvgIpc) is 2.62. The molecule has 1 aliphatic rings. The Morgan fingerprint density at radius 3 is 2.64 bits per heavy atom. The quantitative estimate of drug-likeness (QED) is 0.908. The van der Waals surface area contributed by atoms with Gasteiger partial charge in [-0.15, -0.1) is 0 Å². The lowest BCUT2D eigenvalue weighted by Gasteiger charge is -2.25. The van der Waals surface area contributed by atoms with E-state index in [-0.39, 0.29) is 11.9 Å². The number of hydrogen-bond donors (Lipinski definition) is 1. The molecule has 5 heteroatoms. The lowest BCUT2D eigenvalue weighted by molar-refractivity contribution is -0.120. The predicted octanol–water partition coefficient (Wildman–Crippen LogP) is 3.23. The zero-order valence-electron chi connectivity index (χ0n) is 14.9. The number of carbonyl (C=O) groups excluding carboxylic acids is 1. The van der Waals surface area contributed by atoms with E-state index in [0.29, 0.717) is 19.8 Å². The van der Waals surface area contributed by atoms with Crippen molar-refractivity contribution in [2.45, 2.75) is 26.4 Å². The summed E-state index contributed by atoms with van der Waals surface area (Å²) in [6, 6.07) is 13.4. The van der Waals surface area contributed by atoms with Crippen LogP contribution in [0.5, 0.6) is 11.5 Å². The van der Waals surface area contributed by atoms with Crippen LogP contribution in [0.15, 0.2) is 42.5 Å². The van der Waals surface area contributed by atoms with Crippen molar-refractivity contribution in [3.8, 4) is 11.5 Å². The van der Waals surface area contributed by atoms with Crippen LogP contribution in [-0.4, -0.2) is 37.1 Å². The molecule has 1 atom stereocenters. The summed E-state index contributed by atoms with van der Waals surface area (Å²) in [5.41, 5.74) is 2.99. The number of rotatable bonds is 5. The highest BCUT2D eigenvalue weighted by Gasteiger charge is 2.20. The number of nitrogens with one attached hydrogen (secondary N) is 1. The van der Waals surface area contributed by atoms with Gasteiger partial charge in [0.05, 0.1) is 6.04 Å². The first-order valence-corrected chi connectivity index (χ1v) is 8.50. The minimum Gasteiger partial charge on any atom is -0.486 e. The molecular weight excluding hydrogens is 316 g/mol. The Hall–Kier alpha value is -2.53. The van der Waals surface area contributed by atoms with E-state index < -0.39 is 0 Å². The SMILES string of the molecule is Cc1ccccc1NC(=O)C(C)N(C)Cc1ccc2c(c1)OCCO2. The van der Waals surface area contributed by atoms with Gasteiger partial charge in [-0.2, -0.15) is 0 Å². The summed E-state index contributed by atoms with van der Waals surface area (Å²) < 4.78 is 11.2. The third-order valence-corrected chi connectivity index (χ3v) is 4.48. The van der Waals surface area contributed by atoms with Gasteiger partial charge in [-0.05, 0) is 50.2 Å². The van der Waals surface area contributed by atoms with Gasteiger partial charge in [-0.1, -0.05) is 24.3 Å². The van der Waals surface area contributed by atoms with Crippen LogP contribution in [0.25, 0.3) is 0 Å². The van der Waals surface area contributed by atoms with Crippen LogP contribution < -0.4 is 14.8 Å². The molecule has 25 heavy (non-hydrogen) atoms. The number of amides is 1. The number of fused-ring (bicyclic) bond motifs is 1. The summed E-state index contributed by atoms with van der Waals surface area (Å²) in [7, 11) is 1.94. The molecule has 2 aromatic rings. The van der Waals surface area contributed by atoms with Crippen molar-refractivity contribution in [3.05, 3.63) is 53.6 Å². The van der Waals surface area contributed by atoms with Gasteiger partial charge < -0.3 is 14.8 Å². The number of carbonyl (C=O) groups is 1. The van der Waals surface area contributed by atoms with E-state index in [9.17, 15) is 4.79 Å². The van der Waals surface area contributed by atoms with E-state index in [1.165, 1.54) is 0 Å². The second-order valence-corrected chi connectivity index (χ2v) is 6.37. The van der Waals surface area contributed by atoms with E-state index in [1.807, 2.05) is 68.3 Å². The molecule has 5 nitrogen and oxygen atoms in total. The maximum absolute atomic E-state index is 12.5. The summed E-state index contributed by atoms with van der Waals surface area (Å²) in [5, 5.41) is 3.00. The minimum absolute atomic E-state index is 0.0191. The standard InChI is InChI=1S/C20H24N2O3/c1-14-6-4-5-7-17(14)21-20(23)15(2)22(3)13-16-8-9-18-19(12-16)25-11-10-24-18/h4-9,12,15H,10-11,13H2,1-3H3,(H,21,23). The van der Waals surface area contributed by atoms with Crippen molar-refractivity contribution in [3.63, 3.8) is 0 Å². The van der Waals surface area contributed by atoms with E-state index >= 15 is 0 Å². The molecule has 1 heterocycles. The molecule has 0 radical (unpaired) electrons. The molecule has 1 N–H and O–H groups in total. The molecule has 1 unspecified atom stereocenters. The maximum Gasteiger partial charge on any atom is 0.241 e. The Labute approximate surface area is 148 Å². The summed E-state index contributed by atoms with van der Waals surface area (Å²) in [5.74, 6) is 1.53. The fourth-order valence-electron chi connectivity index (χ4n) is 2.76. The van der Waals surface area contributed by atoms with Crippen molar-refractivity contribution >= 4 is 11.6 Å². The van der Waals surface area contributed by atoms with Crippen LogP contribution in [0.3, 0.4) is 0 Å². The first-order chi connectivity index (χ1) is 12.0. The number of aryl methyl sites for hydroxylation is 1. The van der Waals surface area contributed by atoms with Gasteiger partial charge in [0.25, 0.3) is 0 Å². The van der Waals surface area contributed by atoms with E-state index in [2.05, 4.69) is 5.32 Å². The van der Waals surface area contributed by atoms with Gasteiger partial charge >= 0.3 is 0 Å². The van der Waals surface area contributed by atoms with E-state index in [4.69, 9.17) is 9.47 Å². The highest BCUT2D eigenvalue weighted by atomic mass is 16.6. The van der Waals surface area contributed by atoms with Crippen molar-refractivity contribution in [2.75, 3.05) is 25.6 Å². The monoisotopic (exact) mass is 340 g/mol. The second-order valence-electron chi connectivity index (χ2n) is 6.37. The van der Waals surface area contributed by atoms with Crippen LogP contribution in [0.1, 0.15) is 18.1 Å². The molecule has 0 aliphatic carbocycles. The van der Waals surface area contributed by atoms with Gasteiger partial charge in [0.2, 0.25) is 5.91 Å². The first-order valence-electron chi connectivity index (χ1n) is 8.50. The van der Waals surface area contributed by atoms with Gasteiger partial charge in [0.15, 0.2) is 11.5 Å². The summed E-state index contributed by atoms with van der Waals surface area (Å²) in [6.45, 7) is 5.70. The fraction of sp³-hybridized carbons (Fsp3) is 0.350. The van der Waals surface area contributed by atoms with Gasteiger partial charge in [0.1, 0.15) is 13.2 Å². The van der Waals surface area contributed by atoms with Crippen LogP contribution in [-0.2, 0) is 11.3 Å². The summed E-state index contributed by atoms with van der Waals surface area (Å²) in [6.07, 6.45) is 0. The van der Waals surface area contributed by atoms with Crippen molar-refractivity contribution in [1.82, 2.24) is 4.90 Å². The molecule has 0 saturated heterocycles. The molecule has 2 aromatic carbocycles. The topological polar surface area (TPSA) is 50.8 Å². The molecular formula is C20H24N2O3. The molecule has 1 amide bonds. The van der Waals surface area contributed by atoms with Crippen LogP contribution >= 0.6 is 0 Å². The number of anilines is 1. The smallest absolute Gasteiger partial charge is 0.241 e. The number of ether oxygens (including phenoxy) is 2. The van der Waals surface area contributed by atoms with Crippen LogP contribution in [0.2, 0.25) is 0 Å². The van der Waals surface area contributed by atoms with Gasteiger partial charge in [0, 0.05) is 12.2 Å². The van der Waals surface area contributed by atoms with E-state index in [1.54, 1.807) is 0 Å². The molecule has 1 aliphatic heterocycles. The largest absolute Gasteiger partial charge is 0.486 e. The van der Waals surface area contributed by atoms with Crippen LogP contribution in [0, 0.1) is 6.92 Å². The zero-order chi connectivity index (χ0) is 17.8. The lowest BCUT2D eigenvalue weighted by Crippen LogP contribution is -2.39. The van der Waals surface area contributed by atoms with Crippen molar-refractivity contribution in [1.29, 1.82) is 0 Å². The third-order valence-electron chi connectivity index (χ3n) is 4.48. The Morgan fingerprint density at radius 2 is 1.88 bits per heavy atom. The Kier molecular flexibility index (Phi) is 5.24. The summed E-state index contributed by atoms with van der Waals surface area (Å²) >= 11 is 0. The second kappa shape index (κ2) is 7.57. The third kappa shape index (κ3) is 4.12. The normalized spacial score (nSPS) is 14.2. The van der Waals surface area contributed by atoms with E-state index in [0.717, 1.165) is 28.3 Å². The molecule has 0 aromatic heterocycles. The summed E-state index contributed by atoms with van der Waals surface area (Å²) in [4.78, 5) is 14.5. The number of benzene rings is 2. The van der Waals surface area contributed by atoms with Crippen LogP contribution in [0.4, 0.5) is 5.69 Å². The molecule has 0 spiro atoms. The fourth-order valence-corrected chi connectivity index (χ4v) is 2.76.